The van der Waals surface area contributed by atoms with Gasteiger partial charge in [0.2, 0.25) is 0 Å². The lowest BCUT2D eigenvalue weighted by molar-refractivity contribution is 0.0692. The summed E-state index contributed by atoms with van der Waals surface area (Å²) in [5.74, 6) is 0.534. The zero-order valence-electron chi connectivity index (χ0n) is 11.8. The van der Waals surface area contributed by atoms with Crippen LogP contribution in [0.5, 0.6) is 5.75 Å². The molecule has 0 fully saturated rings. The Morgan fingerprint density at radius 1 is 1.26 bits per heavy atom. The molecule has 0 aromatic heterocycles. The van der Waals surface area contributed by atoms with E-state index in [0.29, 0.717) is 17.3 Å². The van der Waals surface area contributed by atoms with E-state index in [1.165, 1.54) is 6.07 Å². The largest absolute Gasteiger partial charge is 0.492 e. The molecule has 4 heteroatoms. The van der Waals surface area contributed by atoms with E-state index in [1.807, 2.05) is 20.8 Å². The van der Waals surface area contributed by atoms with Gasteiger partial charge in [-0.25, -0.2) is 4.79 Å². The molecule has 0 aliphatic rings. The van der Waals surface area contributed by atoms with E-state index in [2.05, 4.69) is 0 Å². The summed E-state index contributed by atoms with van der Waals surface area (Å²) in [6, 6.07) is 6.54. The number of carboxylic acid groups (broad SMARTS) is 1. The summed E-state index contributed by atoms with van der Waals surface area (Å²) < 4.78 is 11.2. The van der Waals surface area contributed by atoms with Crippen molar-refractivity contribution < 1.29 is 19.4 Å². The van der Waals surface area contributed by atoms with Gasteiger partial charge in [0, 0.05) is 0 Å². The molecule has 1 N–H and O–H groups in total. The summed E-state index contributed by atoms with van der Waals surface area (Å²) >= 11 is 0. The molecule has 4 nitrogen and oxygen atoms in total. The molecule has 1 unspecified atom stereocenters. The zero-order chi connectivity index (χ0) is 14.4. The van der Waals surface area contributed by atoms with Crippen LogP contribution in [0.25, 0.3) is 0 Å². The van der Waals surface area contributed by atoms with Gasteiger partial charge in [-0.1, -0.05) is 19.1 Å². The number of hydrogen-bond acceptors (Lipinski definition) is 3. The summed E-state index contributed by atoms with van der Waals surface area (Å²) in [5, 5.41) is 9.07. The zero-order valence-corrected chi connectivity index (χ0v) is 11.8. The predicted octanol–water partition coefficient (Wildman–Crippen LogP) is 3.83. The molecule has 0 saturated heterocycles. The average molecular weight is 264 g/mol. The molecule has 0 radical (unpaired) electrons. The molecule has 0 spiro atoms. The third-order valence-electron chi connectivity index (χ3n) is 2.83. The van der Waals surface area contributed by atoms with Gasteiger partial charge in [0.1, 0.15) is 22.8 Å². The Balaban J connectivity index is 2.90. The fourth-order valence-corrected chi connectivity index (χ4v) is 1.44. The number of allylic oxidation sites excluding steroid dienone is 2. The Kier molecular flexibility index (Phi) is 5.42. The molecule has 1 aromatic rings. The van der Waals surface area contributed by atoms with Crippen LogP contribution in [0.1, 0.15) is 44.5 Å². The van der Waals surface area contributed by atoms with E-state index in [4.69, 9.17) is 14.6 Å². The Labute approximate surface area is 113 Å². The molecular weight excluding hydrogens is 244 g/mol. The van der Waals surface area contributed by atoms with Crippen molar-refractivity contribution in [2.75, 3.05) is 0 Å². The second-order valence-electron chi connectivity index (χ2n) is 4.35. The molecule has 1 rings (SSSR count). The van der Waals surface area contributed by atoms with Crippen LogP contribution in [-0.2, 0) is 4.74 Å². The number of rotatable bonds is 6. The molecule has 0 aliphatic carbocycles. The Hall–Kier alpha value is -1.97. The van der Waals surface area contributed by atoms with Crippen molar-refractivity contribution in [3.8, 4) is 5.75 Å². The maximum absolute atomic E-state index is 11.1. The maximum Gasteiger partial charge on any atom is 0.339 e. The summed E-state index contributed by atoms with van der Waals surface area (Å²) in [5.41, 5.74) is 0.137. The van der Waals surface area contributed by atoms with Gasteiger partial charge in [0.15, 0.2) is 0 Å². The van der Waals surface area contributed by atoms with E-state index in [1.54, 1.807) is 25.1 Å². The smallest absolute Gasteiger partial charge is 0.339 e. The van der Waals surface area contributed by atoms with Crippen LogP contribution >= 0.6 is 0 Å². The topological polar surface area (TPSA) is 55.8 Å². The number of carbonyl (C=O) groups is 1. The van der Waals surface area contributed by atoms with E-state index >= 15 is 0 Å². The van der Waals surface area contributed by atoms with Gasteiger partial charge in [-0.2, -0.15) is 0 Å². The van der Waals surface area contributed by atoms with Crippen LogP contribution in [-0.4, -0.2) is 17.2 Å². The molecule has 19 heavy (non-hydrogen) atoms. The van der Waals surface area contributed by atoms with Gasteiger partial charge in [-0.15, -0.1) is 0 Å². The lowest BCUT2D eigenvalue weighted by Gasteiger charge is -2.16. The number of ether oxygens (including phenoxy) is 2. The molecule has 1 aromatic carbocycles. The van der Waals surface area contributed by atoms with Gasteiger partial charge in [0.05, 0.1) is 6.10 Å². The van der Waals surface area contributed by atoms with Crippen molar-refractivity contribution in [2.24, 2.45) is 0 Å². The molecule has 0 bridgehead atoms. The molecular formula is C15H20O4. The summed E-state index contributed by atoms with van der Waals surface area (Å²) in [6.45, 7) is 7.58. The van der Waals surface area contributed by atoms with Gasteiger partial charge in [-0.3, -0.25) is 0 Å². The number of benzene rings is 1. The highest BCUT2D eigenvalue weighted by Crippen LogP contribution is 2.22. The normalized spacial score (nSPS) is 13.5. The minimum Gasteiger partial charge on any atom is -0.492 e. The van der Waals surface area contributed by atoms with Crippen molar-refractivity contribution in [3.05, 3.63) is 41.3 Å². The molecule has 104 valence electrons. The monoisotopic (exact) mass is 264 g/mol. The van der Waals surface area contributed by atoms with Gasteiger partial charge in [-0.05, 0) is 39.3 Å². The predicted molar refractivity (Wildman–Crippen MR) is 73.2 cm³/mol. The van der Waals surface area contributed by atoms with Crippen LogP contribution in [0.15, 0.2) is 35.8 Å². The highest BCUT2D eigenvalue weighted by molar-refractivity contribution is 5.90. The molecule has 0 heterocycles. The van der Waals surface area contributed by atoms with Gasteiger partial charge >= 0.3 is 5.97 Å². The summed E-state index contributed by atoms with van der Waals surface area (Å²) in [6.07, 6.45) is 1.00. The van der Waals surface area contributed by atoms with E-state index < -0.39 is 5.97 Å². The van der Waals surface area contributed by atoms with E-state index in [-0.39, 0.29) is 11.7 Å². The van der Waals surface area contributed by atoms with E-state index in [9.17, 15) is 4.79 Å². The Morgan fingerprint density at radius 2 is 1.89 bits per heavy atom. The number of hydrogen-bond donors (Lipinski definition) is 1. The lowest BCUT2D eigenvalue weighted by atomic mass is 10.2. The highest BCUT2D eigenvalue weighted by Gasteiger charge is 2.12. The number of aromatic carboxylic acids is 1. The van der Waals surface area contributed by atoms with Crippen LogP contribution in [0.3, 0.4) is 0 Å². The SMILES string of the molecule is CCC(C)O/C(C)=C(/C)Oc1ccccc1C(=O)O. The second kappa shape index (κ2) is 6.83. The first-order chi connectivity index (χ1) is 8.95. The highest BCUT2D eigenvalue weighted by atomic mass is 16.5. The molecule has 0 saturated carbocycles. The Bertz CT molecular complexity index is 477. The minimum absolute atomic E-state index is 0.105. The molecule has 0 aliphatic heterocycles. The average Bonchev–Trinajstić information content (AvgIpc) is 2.38. The molecule has 0 amide bonds. The number of carboxylic acids is 1. The molecule has 1 atom stereocenters. The van der Waals surface area contributed by atoms with Crippen LogP contribution in [0.4, 0.5) is 0 Å². The number of para-hydroxylation sites is 1. The minimum atomic E-state index is -1.01. The van der Waals surface area contributed by atoms with Gasteiger partial charge in [0.25, 0.3) is 0 Å². The van der Waals surface area contributed by atoms with Crippen molar-refractivity contribution in [1.82, 2.24) is 0 Å². The summed E-state index contributed by atoms with van der Waals surface area (Å²) in [4.78, 5) is 11.1. The Morgan fingerprint density at radius 3 is 2.47 bits per heavy atom. The fraction of sp³-hybridized carbons (Fsp3) is 0.400. The van der Waals surface area contributed by atoms with Crippen LogP contribution in [0, 0.1) is 0 Å². The first-order valence-electron chi connectivity index (χ1n) is 6.30. The van der Waals surface area contributed by atoms with Crippen molar-refractivity contribution >= 4 is 5.97 Å². The van der Waals surface area contributed by atoms with Crippen LogP contribution < -0.4 is 4.74 Å². The fourth-order valence-electron chi connectivity index (χ4n) is 1.44. The first kappa shape index (κ1) is 15.1. The van der Waals surface area contributed by atoms with Crippen molar-refractivity contribution in [1.29, 1.82) is 0 Å². The van der Waals surface area contributed by atoms with Gasteiger partial charge < -0.3 is 14.6 Å². The van der Waals surface area contributed by atoms with E-state index in [0.717, 1.165) is 6.42 Å². The van der Waals surface area contributed by atoms with Crippen molar-refractivity contribution in [2.45, 2.75) is 40.2 Å². The summed E-state index contributed by atoms with van der Waals surface area (Å²) in [7, 11) is 0. The van der Waals surface area contributed by atoms with Crippen molar-refractivity contribution in [3.63, 3.8) is 0 Å². The van der Waals surface area contributed by atoms with Crippen LogP contribution in [0.2, 0.25) is 0 Å². The quantitative estimate of drug-likeness (QED) is 0.793. The third kappa shape index (κ3) is 4.32. The third-order valence-corrected chi connectivity index (χ3v) is 2.83. The standard InChI is InChI=1S/C15H20O4/c1-5-10(2)18-11(3)12(4)19-14-9-7-6-8-13(14)15(16)17/h6-10H,5H2,1-4H3,(H,16,17)/b12-11-. The first-order valence-corrected chi connectivity index (χ1v) is 6.30. The lowest BCUT2D eigenvalue weighted by Crippen LogP contribution is -2.08. The second-order valence-corrected chi connectivity index (χ2v) is 4.35. The maximum atomic E-state index is 11.1.